The minimum Gasteiger partial charge on any atom is -0.496 e. The van der Waals surface area contributed by atoms with Crippen LogP contribution in [-0.4, -0.2) is 38.2 Å². The van der Waals surface area contributed by atoms with Crippen LogP contribution in [0.3, 0.4) is 0 Å². The minimum absolute atomic E-state index is 0. The fourth-order valence-corrected chi connectivity index (χ4v) is 4.20. The number of halogens is 1. The number of hydrogen-bond donors (Lipinski definition) is 1. The topological polar surface area (TPSA) is 24.5 Å². The second-order valence-electron chi connectivity index (χ2n) is 6.85. The molecule has 1 unspecified atom stereocenters. The van der Waals surface area contributed by atoms with Gasteiger partial charge in [0, 0.05) is 25.2 Å². The predicted molar refractivity (Wildman–Crippen MR) is 97.6 cm³/mol. The summed E-state index contributed by atoms with van der Waals surface area (Å²) < 4.78 is 5.64. The third-order valence-corrected chi connectivity index (χ3v) is 5.45. The first-order valence-electron chi connectivity index (χ1n) is 8.27. The lowest BCUT2D eigenvalue weighted by Crippen LogP contribution is -2.29. The van der Waals surface area contributed by atoms with Gasteiger partial charge in [0.05, 0.1) is 7.11 Å². The van der Waals surface area contributed by atoms with Crippen molar-refractivity contribution in [1.82, 2.24) is 10.2 Å². The number of fused-ring (bicyclic) bond motifs is 1. The van der Waals surface area contributed by atoms with Gasteiger partial charge in [-0.1, -0.05) is 30.3 Å². The van der Waals surface area contributed by atoms with Crippen molar-refractivity contribution in [2.24, 2.45) is 5.41 Å². The Bertz CT molecular complexity index is 682. The number of likely N-dealkylation sites (tertiary alicyclic amines) is 1. The molecule has 2 aliphatic heterocycles. The summed E-state index contributed by atoms with van der Waals surface area (Å²) in [5.41, 5.74) is 1.86. The Labute approximate surface area is 144 Å². The van der Waals surface area contributed by atoms with Gasteiger partial charge in [0.1, 0.15) is 5.75 Å². The molecule has 2 aromatic carbocycles. The van der Waals surface area contributed by atoms with E-state index < -0.39 is 0 Å². The van der Waals surface area contributed by atoms with E-state index in [4.69, 9.17) is 4.74 Å². The van der Waals surface area contributed by atoms with Crippen LogP contribution in [-0.2, 0) is 6.54 Å². The molecule has 1 atom stereocenters. The van der Waals surface area contributed by atoms with Crippen LogP contribution in [0.5, 0.6) is 5.75 Å². The number of methoxy groups -OCH3 is 1. The van der Waals surface area contributed by atoms with Gasteiger partial charge in [0.2, 0.25) is 0 Å². The smallest absolute Gasteiger partial charge is 0.123 e. The molecule has 23 heavy (non-hydrogen) atoms. The fraction of sp³-hybridized carbons (Fsp3) is 0.474. The molecule has 3 nitrogen and oxygen atoms in total. The van der Waals surface area contributed by atoms with Gasteiger partial charge in [-0.25, -0.2) is 0 Å². The highest BCUT2D eigenvalue weighted by Crippen LogP contribution is 2.38. The molecule has 2 heterocycles. The van der Waals surface area contributed by atoms with E-state index in [0.29, 0.717) is 5.41 Å². The van der Waals surface area contributed by atoms with Crippen molar-refractivity contribution in [3.63, 3.8) is 0 Å². The summed E-state index contributed by atoms with van der Waals surface area (Å²) >= 11 is 0. The fourth-order valence-electron chi connectivity index (χ4n) is 4.20. The molecular formula is C19H25ClN2O. The molecule has 0 saturated carbocycles. The highest BCUT2D eigenvalue weighted by Gasteiger charge is 2.40. The molecule has 0 aromatic heterocycles. The van der Waals surface area contributed by atoms with Crippen LogP contribution < -0.4 is 10.1 Å². The van der Waals surface area contributed by atoms with Crippen LogP contribution in [0.15, 0.2) is 36.4 Å². The first-order valence-corrected chi connectivity index (χ1v) is 8.27. The largest absolute Gasteiger partial charge is 0.496 e. The van der Waals surface area contributed by atoms with Gasteiger partial charge in [-0.05, 0) is 48.2 Å². The van der Waals surface area contributed by atoms with Crippen LogP contribution in [0, 0.1) is 5.41 Å². The maximum atomic E-state index is 5.64. The molecule has 0 amide bonds. The normalized spacial score (nSPS) is 24.2. The highest BCUT2D eigenvalue weighted by molar-refractivity contribution is 5.87. The quantitative estimate of drug-likeness (QED) is 0.931. The van der Waals surface area contributed by atoms with Crippen molar-refractivity contribution in [3.05, 3.63) is 42.0 Å². The SMILES string of the molecule is COc1ccc2ccccc2c1CN1CCC2(CCNC2)C1.Cl. The first kappa shape index (κ1) is 16.6. The van der Waals surface area contributed by atoms with E-state index in [2.05, 4.69) is 46.6 Å². The average molecular weight is 333 g/mol. The Morgan fingerprint density at radius 2 is 2.04 bits per heavy atom. The summed E-state index contributed by atoms with van der Waals surface area (Å²) in [5.74, 6) is 1.02. The van der Waals surface area contributed by atoms with Gasteiger partial charge in [0.25, 0.3) is 0 Å². The van der Waals surface area contributed by atoms with E-state index >= 15 is 0 Å². The zero-order valence-corrected chi connectivity index (χ0v) is 14.5. The van der Waals surface area contributed by atoms with Gasteiger partial charge in [-0.2, -0.15) is 0 Å². The molecule has 2 saturated heterocycles. The molecule has 124 valence electrons. The lowest BCUT2D eigenvalue weighted by molar-refractivity contribution is 0.266. The second kappa shape index (κ2) is 6.68. The summed E-state index contributed by atoms with van der Waals surface area (Å²) in [5, 5.41) is 6.17. The maximum absolute atomic E-state index is 5.64. The number of rotatable bonds is 3. The van der Waals surface area contributed by atoms with Crippen molar-refractivity contribution < 1.29 is 4.74 Å². The van der Waals surface area contributed by atoms with Crippen molar-refractivity contribution in [2.45, 2.75) is 19.4 Å². The molecule has 4 heteroatoms. The highest BCUT2D eigenvalue weighted by atomic mass is 35.5. The van der Waals surface area contributed by atoms with Crippen LogP contribution >= 0.6 is 12.4 Å². The average Bonchev–Trinajstić information content (AvgIpc) is 3.18. The summed E-state index contributed by atoms with van der Waals surface area (Å²) in [6.45, 7) is 5.79. The minimum atomic E-state index is 0. The monoisotopic (exact) mass is 332 g/mol. The molecule has 0 aliphatic carbocycles. The number of ether oxygens (including phenoxy) is 1. The first-order chi connectivity index (χ1) is 10.8. The van der Waals surface area contributed by atoms with Gasteiger partial charge >= 0.3 is 0 Å². The van der Waals surface area contributed by atoms with Gasteiger partial charge in [-0.3, -0.25) is 4.90 Å². The van der Waals surface area contributed by atoms with E-state index in [1.165, 1.54) is 55.4 Å². The summed E-state index contributed by atoms with van der Waals surface area (Å²) in [4.78, 5) is 2.61. The Kier molecular flexibility index (Phi) is 4.81. The van der Waals surface area contributed by atoms with E-state index in [9.17, 15) is 0 Å². The molecule has 2 aromatic rings. The third kappa shape index (κ3) is 3.06. The van der Waals surface area contributed by atoms with E-state index in [1.807, 2.05) is 0 Å². The van der Waals surface area contributed by atoms with Crippen LogP contribution in [0.4, 0.5) is 0 Å². The van der Waals surface area contributed by atoms with Gasteiger partial charge < -0.3 is 10.1 Å². The van der Waals surface area contributed by atoms with Crippen molar-refractivity contribution in [1.29, 1.82) is 0 Å². The molecular weight excluding hydrogens is 308 g/mol. The number of benzene rings is 2. The third-order valence-electron chi connectivity index (χ3n) is 5.45. The van der Waals surface area contributed by atoms with E-state index in [0.717, 1.165) is 12.3 Å². The van der Waals surface area contributed by atoms with Gasteiger partial charge in [0.15, 0.2) is 0 Å². The molecule has 2 fully saturated rings. The number of hydrogen-bond acceptors (Lipinski definition) is 3. The lowest BCUT2D eigenvalue weighted by Gasteiger charge is -2.24. The number of nitrogens with zero attached hydrogens (tertiary/aromatic N) is 1. The summed E-state index contributed by atoms with van der Waals surface area (Å²) in [6, 6.07) is 12.9. The van der Waals surface area contributed by atoms with E-state index in [-0.39, 0.29) is 12.4 Å². The van der Waals surface area contributed by atoms with E-state index in [1.54, 1.807) is 7.11 Å². The Hall–Kier alpha value is -1.29. The molecule has 0 bridgehead atoms. The molecule has 2 aliphatic rings. The zero-order valence-electron chi connectivity index (χ0n) is 13.7. The summed E-state index contributed by atoms with van der Waals surface area (Å²) in [7, 11) is 1.78. The number of nitrogens with one attached hydrogen (secondary N) is 1. The molecule has 1 spiro atoms. The van der Waals surface area contributed by atoms with Crippen molar-refractivity contribution in [3.8, 4) is 5.75 Å². The zero-order chi connectivity index (χ0) is 15.0. The Morgan fingerprint density at radius 1 is 1.17 bits per heavy atom. The van der Waals surface area contributed by atoms with Crippen molar-refractivity contribution in [2.75, 3.05) is 33.3 Å². The van der Waals surface area contributed by atoms with Crippen molar-refractivity contribution >= 4 is 23.2 Å². The van der Waals surface area contributed by atoms with Crippen LogP contribution in [0.2, 0.25) is 0 Å². The Morgan fingerprint density at radius 3 is 2.83 bits per heavy atom. The molecule has 1 N–H and O–H groups in total. The second-order valence-corrected chi connectivity index (χ2v) is 6.85. The predicted octanol–water partition coefficient (Wildman–Crippen LogP) is 3.46. The maximum Gasteiger partial charge on any atom is 0.123 e. The van der Waals surface area contributed by atoms with Gasteiger partial charge in [-0.15, -0.1) is 12.4 Å². The van der Waals surface area contributed by atoms with Crippen LogP contribution in [0.1, 0.15) is 18.4 Å². The lowest BCUT2D eigenvalue weighted by atomic mass is 9.86. The Balaban J connectivity index is 0.00000156. The van der Waals surface area contributed by atoms with Crippen LogP contribution in [0.25, 0.3) is 10.8 Å². The molecule has 0 radical (unpaired) electrons. The standard InChI is InChI=1S/C19H24N2O.ClH/c1-22-18-7-6-15-4-2-3-5-16(15)17(18)12-21-11-9-19(14-21)8-10-20-13-19;/h2-7,20H,8-14H2,1H3;1H. The summed E-state index contributed by atoms with van der Waals surface area (Å²) in [6.07, 6.45) is 2.66. The molecule has 4 rings (SSSR count).